The van der Waals surface area contributed by atoms with E-state index in [-0.39, 0.29) is 12.0 Å². The maximum Gasteiger partial charge on any atom is 0.265 e. The van der Waals surface area contributed by atoms with Crippen molar-refractivity contribution in [1.29, 1.82) is 0 Å². The van der Waals surface area contributed by atoms with E-state index in [0.717, 1.165) is 29.8 Å². The molecule has 9 nitrogen and oxygen atoms in total. The molecule has 4 fully saturated rings. The van der Waals surface area contributed by atoms with E-state index < -0.39 is 18.1 Å². The SMILES string of the molecule is Nc1ncnc2c1ncn2Cc1cc(C2CC2)ncc1N1CCC2CC1[C@@]2(N)[C@H](O)C(F)F. The fourth-order valence-electron chi connectivity index (χ4n) is 5.64. The summed E-state index contributed by atoms with van der Waals surface area (Å²) < 4.78 is 28.8. The summed E-state index contributed by atoms with van der Waals surface area (Å²) in [6.45, 7) is 1.15. The van der Waals surface area contributed by atoms with E-state index in [1.807, 2.05) is 10.8 Å². The summed E-state index contributed by atoms with van der Waals surface area (Å²) in [5.74, 6) is 0.666. The lowest BCUT2D eigenvalue weighted by atomic mass is 9.56. The van der Waals surface area contributed by atoms with Crippen molar-refractivity contribution in [3.63, 3.8) is 0 Å². The molecule has 7 rings (SSSR count). The molecule has 3 aromatic rings. The monoisotopic (exact) mass is 456 g/mol. The van der Waals surface area contributed by atoms with Gasteiger partial charge in [0.15, 0.2) is 11.5 Å². The highest BCUT2D eigenvalue weighted by molar-refractivity contribution is 5.81. The second kappa shape index (κ2) is 7.29. The molecule has 2 saturated carbocycles. The first-order valence-electron chi connectivity index (χ1n) is 11.3. The summed E-state index contributed by atoms with van der Waals surface area (Å²) in [5, 5.41) is 10.3. The van der Waals surface area contributed by atoms with Crippen LogP contribution >= 0.6 is 0 Å². The molecule has 0 amide bonds. The van der Waals surface area contributed by atoms with Crippen LogP contribution in [0.25, 0.3) is 11.2 Å². The number of aliphatic hydroxyl groups is 1. The van der Waals surface area contributed by atoms with Crippen LogP contribution in [0.5, 0.6) is 0 Å². The van der Waals surface area contributed by atoms with Gasteiger partial charge in [0, 0.05) is 18.2 Å². The summed E-state index contributed by atoms with van der Waals surface area (Å²) in [5.41, 5.74) is 15.1. The molecule has 2 aliphatic heterocycles. The van der Waals surface area contributed by atoms with Gasteiger partial charge < -0.3 is 26.0 Å². The number of pyridine rings is 1. The van der Waals surface area contributed by atoms with Crippen molar-refractivity contribution in [2.45, 2.75) is 62.3 Å². The van der Waals surface area contributed by atoms with Crippen LogP contribution in [-0.2, 0) is 6.54 Å². The molecule has 0 spiro atoms. The maximum absolute atomic E-state index is 13.4. The minimum Gasteiger partial charge on any atom is -0.385 e. The van der Waals surface area contributed by atoms with Crippen molar-refractivity contribution in [2.24, 2.45) is 11.7 Å². The lowest BCUT2D eigenvalue weighted by Crippen LogP contribution is -2.80. The van der Waals surface area contributed by atoms with E-state index >= 15 is 0 Å². The molecule has 11 heteroatoms. The van der Waals surface area contributed by atoms with Gasteiger partial charge in [-0.05, 0) is 43.2 Å². The minimum absolute atomic E-state index is 0.109. The molecule has 2 saturated heterocycles. The number of anilines is 2. The Balaban J connectivity index is 1.39. The number of hydrogen-bond donors (Lipinski definition) is 3. The van der Waals surface area contributed by atoms with Gasteiger partial charge in [-0.1, -0.05) is 0 Å². The number of fused-ring (bicyclic) bond motifs is 3. The number of nitrogen functional groups attached to an aromatic ring is 1. The van der Waals surface area contributed by atoms with Gasteiger partial charge >= 0.3 is 0 Å². The van der Waals surface area contributed by atoms with Crippen LogP contribution in [0.4, 0.5) is 20.3 Å². The van der Waals surface area contributed by atoms with Gasteiger partial charge in [0.05, 0.1) is 36.3 Å². The Kier molecular flexibility index (Phi) is 4.57. The van der Waals surface area contributed by atoms with E-state index in [1.165, 1.54) is 6.33 Å². The van der Waals surface area contributed by atoms with Crippen molar-refractivity contribution in [2.75, 3.05) is 17.2 Å². The third-order valence-electron chi connectivity index (χ3n) is 7.70. The molecule has 5 heterocycles. The van der Waals surface area contributed by atoms with Crippen LogP contribution < -0.4 is 16.4 Å². The second-order valence-corrected chi connectivity index (χ2v) is 9.53. The molecule has 33 heavy (non-hydrogen) atoms. The minimum atomic E-state index is -2.88. The lowest BCUT2D eigenvalue weighted by Gasteiger charge is -2.64. The average Bonchev–Trinajstić information content (AvgIpc) is 3.59. The van der Waals surface area contributed by atoms with E-state index in [0.29, 0.717) is 48.8 Å². The van der Waals surface area contributed by atoms with Crippen LogP contribution in [0.3, 0.4) is 0 Å². The van der Waals surface area contributed by atoms with E-state index in [9.17, 15) is 13.9 Å². The zero-order chi connectivity index (χ0) is 22.9. The summed E-state index contributed by atoms with van der Waals surface area (Å²) in [4.78, 5) is 19.5. The topological polar surface area (TPSA) is 132 Å². The highest BCUT2D eigenvalue weighted by Crippen LogP contribution is 2.51. The van der Waals surface area contributed by atoms with Crippen LogP contribution in [0.2, 0.25) is 0 Å². The zero-order valence-electron chi connectivity index (χ0n) is 18.0. The predicted molar refractivity (Wildman–Crippen MR) is 118 cm³/mol. The third-order valence-corrected chi connectivity index (χ3v) is 7.70. The van der Waals surface area contributed by atoms with Gasteiger partial charge in [-0.15, -0.1) is 0 Å². The number of alkyl halides is 2. The first kappa shape index (κ1) is 20.7. The number of imidazole rings is 1. The fourth-order valence-corrected chi connectivity index (χ4v) is 5.64. The van der Waals surface area contributed by atoms with Gasteiger partial charge in [0.1, 0.15) is 17.9 Å². The van der Waals surface area contributed by atoms with Gasteiger partial charge in [-0.2, -0.15) is 0 Å². The average molecular weight is 457 g/mol. The molecular weight excluding hydrogens is 430 g/mol. The Morgan fingerprint density at radius 2 is 2.00 bits per heavy atom. The molecule has 5 N–H and O–H groups in total. The first-order chi connectivity index (χ1) is 15.9. The molecule has 3 aromatic heterocycles. The predicted octanol–water partition coefficient (Wildman–Crippen LogP) is 1.65. The molecule has 0 radical (unpaired) electrons. The van der Waals surface area contributed by atoms with Gasteiger partial charge in [-0.25, -0.2) is 23.7 Å². The number of hydrogen-bond acceptors (Lipinski definition) is 8. The standard InChI is InChI=1S/C22H26F2N8O/c23-19(24)18(33)22(26)13-3-4-32(16(22)6-13)15-7-27-14(11-1-2-11)5-12(15)8-31-10-30-17-20(25)28-9-29-21(17)31/h5,7,9-11,13,16,18-19,33H,1-4,6,8,26H2,(H2,25,28,29)/t13?,16?,18-,22-/m1/s1. The smallest absolute Gasteiger partial charge is 0.265 e. The first-order valence-corrected chi connectivity index (χ1v) is 11.3. The summed E-state index contributed by atoms with van der Waals surface area (Å²) in [7, 11) is 0. The van der Waals surface area contributed by atoms with Crippen molar-refractivity contribution in [3.8, 4) is 0 Å². The van der Waals surface area contributed by atoms with E-state index in [2.05, 4.69) is 25.9 Å². The second-order valence-electron chi connectivity index (χ2n) is 9.53. The van der Waals surface area contributed by atoms with Gasteiger partial charge in [-0.3, -0.25) is 4.98 Å². The molecule has 2 unspecified atom stereocenters. The summed E-state index contributed by atoms with van der Waals surface area (Å²) >= 11 is 0. The van der Waals surface area contributed by atoms with E-state index in [4.69, 9.17) is 16.5 Å². The normalized spacial score (nSPS) is 27.7. The third kappa shape index (κ3) is 3.09. The molecule has 4 aliphatic rings. The van der Waals surface area contributed by atoms with Gasteiger partial charge in [0.2, 0.25) is 0 Å². The largest absolute Gasteiger partial charge is 0.385 e. The lowest BCUT2D eigenvalue weighted by molar-refractivity contribution is -0.120. The van der Waals surface area contributed by atoms with Crippen molar-refractivity contribution in [3.05, 3.63) is 36.2 Å². The fraction of sp³-hybridized carbons (Fsp3) is 0.545. The molecule has 174 valence electrons. The summed E-state index contributed by atoms with van der Waals surface area (Å²) in [6.07, 6.45) is 3.75. The summed E-state index contributed by atoms with van der Waals surface area (Å²) in [6, 6.07) is 1.72. The highest BCUT2D eigenvalue weighted by Gasteiger charge is 2.63. The molecule has 0 aromatic carbocycles. The number of halogens is 2. The zero-order valence-corrected chi connectivity index (χ0v) is 18.0. The van der Waals surface area contributed by atoms with Crippen molar-refractivity contribution in [1.82, 2.24) is 24.5 Å². The number of nitrogens with zero attached hydrogens (tertiary/aromatic N) is 6. The maximum atomic E-state index is 13.4. The molecular formula is C22H26F2N8O. The molecule has 2 bridgehead atoms. The number of aliphatic hydroxyl groups excluding tert-OH is 1. The number of aromatic nitrogens is 5. The highest BCUT2D eigenvalue weighted by atomic mass is 19.3. The van der Waals surface area contributed by atoms with Gasteiger partial charge in [0.25, 0.3) is 6.43 Å². The van der Waals surface area contributed by atoms with Crippen LogP contribution in [0.15, 0.2) is 24.9 Å². The van der Waals surface area contributed by atoms with Crippen LogP contribution in [0, 0.1) is 5.92 Å². The molecule has 2 aliphatic carbocycles. The Bertz CT molecular complexity index is 1210. The van der Waals surface area contributed by atoms with E-state index in [1.54, 1.807) is 6.33 Å². The number of nitrogens with two attached hydrogens (primary N) is 2. The van der Waals surface area contributed by atoms with Crippen LogP contribution in [0.1, 0.15) is 42.9 Å². The number of piperidine rings is 2. The Labute approximate surface area is 188 Å². The Hall–Kier alpha value is -2.92. The van der Waals surface area contributed by atoms with Crippen molar-refractivity contribution >= 4 is 22.7 Å². The molecule has 4 atom stereocenters. The van der Waals surface area contributed by atoms with Crippen LogP contribution in [-0.4, -0.2) is 60.3 Å². The Morgan fingerprint density at radius 3 is 2.73 bits per heavy atom. The quantitative estimate of drug-likeness (QED) is 0.510. The van der Waals surface area contributed by atoms with Crippen molar-refractivity contribution < 1.29 is 13.9 Å². The number of rotatable bonds is 6. The Morgan fingerprint density at radius 1 is 1.18 bits per heavy atom.